The summed E-state index contributed by atoms with van der Waals surface area (Å²) in [6.45, 7) is 0. The lowest BCUT2D eigenvalue weighted by Crippen LogP contribution is -2.06. The number of fused-ring (bicyclic) bond motifs is 5. The monoisotopic (exact) mass is 327 g/mol. The molecular formula is C14H6ClF4N3. The normalized spacial score (nSPS) is 16.9. The topological polar surface area (TPSA) is 30.7 Å². The van der Waals surface area contributed by atoms with Gasteiger partial charge in [-0.25, -0.2) is 14.4 Å². The van der Waals surface area contributed by atoms with Gasteiger partial charge in [-0.3, -0.25) is 4.57 Å². The number of nitrogens with zero attached hydrogens (tertiary/aromatic N) is 3. The number of hydrogen-bond donors (Lipinski definition) is 0. The van der Waals surface area contributed by atoms with E-state index < -0.39 is 18.0 Å². The summed E-state index contributed by atoms with van der Waals surface area (Å²) in [5.41, 5.74) is -0.158. The van der Waals surface area contributed by atoms with Crippen molar-refractivity contribution < 1.29 is 17.6 Å². The number of rotatable bonds is 0. The first-order valence-corrected chi connectivity index (χ1v) is 6.64. The zero-order chi connectivity index (χ0) is 15.6. The SMILES string of the molecule is FC1c2cccc(Cl)c2-c2nc3cc(C(F)(F)F)cnc3n21. The Kier molecular flexibility index (Phi) is 2.57. The molecule has 0 saturated carbocycles. The maximum atomic E-state index is 14.6. The van der Waals surface area contributed by atoms with E-state index in [-0.39, 0.29) is 17.0 Å². The van der Waals surface area contributed by atoms with Crippen molar-refractivity contribution in [1.29, 1.82) is 0 Å². The van der Waals surface area contributed by atoms with E-state index in [1.54, 1.807) is 18.2 Å². The summed E-state index contributed by atoms with van der Waals surface area (Å²) in [6.07, 6.45) is -5.42. The number of pyridine rings is 1. The fourth-order valence-corrected chi connectivity index (χ4v) is 2.91. The van der Waals surface area contributed by atoms with Crippen LogP contribution in [0.1, 0.15) is 17.4 Å². The minimum atomic E-state index is -4.53. The molecule has 8 heteroatoms. The number of aromatic nitrogens is 3. The Morgan fingerprint density at radius 1 is 1.23 bits per heavy atom. The highest BCUT2D eigenvalue weighted by Gasteiger charge is 2.36. The van der Waals surface area contributed by atoms with E-state index in [9.17, 15) is 17.6 Å². The molecule has 0 spiro atoms. The molecule has 0 fully saturated rings. The Bertz CT molecular complexity index is 916. The summed E-state index contributed by atoms with van der Waals surface area (Å²) >= 11 is 6.07. The molecule has 2 aromatic heterocycles. The van der Waals surface area contributed by atoms with Crippen LogP contribution in [0.4, 0.5) is 17.6 Å². The largest absolute Gasteiger partial charge is 0.417 e. The second kappa shape index (κ2) is 4.19. The average molecular weight is 328 g/mol. The van der Waals surface area contributed by atoms with E-state index in [1.807, 2.05) is 0 Å². The van der Waals surface area contributed by atoms with Crippen LogP contribution in [0.3, 0.4) is 0 Å². The van der Waals surface area contributed by atoms with Crippen molar-refractivity contribution >= 4 is 22.8 Å². The van der Waals surface area contributed by atoms with Crippen LogP contribution in [0.2, 0.25) is 5.02 Å². The van der Waals surface area contributed by atoms with Crippen molar-refractivity contribution in [3.8, 4) is 11.4 Å². The van der Waals surface area contributed by atoms with Crippen molar-refractivity contribution in [2.75, 3.05) is 0 Å². The second-order valence-electron chi connectivity index (χ2n) is 4.91. The Labute approximate surface area is 126 Å². The Balaban J connectivity index is 2.02. The van der Waals surface area contributed by atoms with Crippen LogP contribution in [0, 0.1) is 0 Å². The molecule has 22 heavy (non-hydrogen) atoms. The predicted molar refractivity (Wildman–Crippen MR) is 72.2 cm³/mol. The van der Waals surface area contributed by atoms with Gasteiger partial charge in [0.2, 0.25) is 6.30 Å². The Morgan fingerprint density at radius 2 is 2.00 bits per heavy atom. The van der Waals surface area contributed by atoms with E-state index in [4.69, 9.17) is 11.6 Å². The first-order chi connectivity index (χ1) is 10.4. The van der Waals surface area contributed by atoms with Crippen molar-refractivity contribution in [2.45, 2.75) is 12.5 Å². The molecule has 0 aliphatic carbocycles. The fraction of sp³-hybridized carbons (Fsp3) is 0.143. The molecule has 0 bridgehead atoms. The molecule has 1 unspecified atom stereocenters. The fourth-order valence-electron chi connectivity index (χ4n) is 2.64. The zero-order valence-electron chi connectivity index (χ0n) is 10.7. The van der Waals surface area contributed by atoms with Gasteiger partial charge in [-0.05, 0) is 12.1 Å². The van der Waals surface area contributed by atoms with Gasteiger partial charge in [0.15, 0.2) is 5.65 Å². The van der Waals surface area contributed by atoms with Crippen molar-refractivity contribution in [1.82, 2.24) is 14.5 Å². The van der Waals surface area contributed by atoms with Crippen LogP contribution >= 0.6 is 11.6 Å². The van der Waals surface area contributed by atoms with Gasteiger partial charge in [-0.1, -0.05) is 23.7 Å². The summed E-state index contributed by atoms with van der Waals surface area (Å²) in [6, 6.07) is 5.61. The van der Waals surface area contributed by atoms with Gasteiger partial charge in [0.1, 0.15) is 11.3 Å². The number of benzene rings is 1. The van der Waals surface area contributed by atoms with Gasteiger partial charge >= 0.3 is 6.18 Å². The molecule has 3 nitrogen and oxygen atoms in total. The summed E-state index contributed by atoms with van der Waals surface area (Å²) in [4.78, 5) is 7.84. The van der Waals surface area contributed by atoms with Gasteiger partial charge in [-0.15, -0.1) is 0 Å². The molecule has 4 rings (SSSR count). The minimum absolute atomic E-state index is 0.0157. The van der Waals surface area contributed by atoms with Crippen LogP contribution in [-0.2, 0) is 6.18 Å². The average Bonchev–Trinajstić information content (AvgIpc) is 2.94. The van der Waals surface area contributed by atoms with Crippen LogP contribution in [0.25, 0.3) is 22.6 Å². The van der Waals surface area contributed by atoms with E-state index in [0.29, 0.717) is 22.3 Å². The van der Waals surface area contributed by atoms with Crippen molar-refractivity contribution in [2.24, 2.45) is 0 Å². The van der Waals surface area contributed by atoms with E-state index in [1.165, 1.54) is 0 Å². The molecule has 1 atom stereocenters. The van der Waals surface area contributed by atoms with Gasteiger partial charge < -0.3 is 0 Å². The summed E-state index contributed by atoms with van der Waals surface area (Å²) < 4.78 is 53.9. The van der Waals surface area contributed by atoms with Crippen molar-refractivity contribution in [3.63, 3.8) is 0 Å². The maximum Gasteiger partial charge on any atom is 0.417 e. The molecule has 1 aromatic carbocycles. The highest BCUT2D eigenvalue weighted by molar-refractivity contribution is 6.33. The Morgan fingerprint density at radius 3 is 2.73 bits per heavy atom. The maximum absolute atomic E-state index is 14.6. The predicted octanol–water partition coefficient (Wildman–Crippen LogP) is 4.60. The lowest BCUT2D eigenvalue weighted by molar-refractivity contribution is -0.137. The van der Waals surface area contributed by atoms with Crippen LogP contribution in [0.15, 0.2) is 30.5 Å². The minimum Gasteiger partial charge on any atom is -0.273 e. The Hall–Kier alpha value is -2.15. The molecule has 1 aliphatic rings. The van der Waals surface area contributed by atoms with E-state index >= 15 is 0 Å². The van der Waals surface area contributed by atoms with Gasteiger partial charge in [0.05, 0.1) is 10.6 Å². The smallest absolute Gasteiger partial charge is 0.273 e. The lowest BCUT2D eigenvalue weighted by Gasteiger charge is -2.07. The molecule has 3 heterocycles. The van der Waals surface area contributed by atoms with Gasteiger partial charge in [0, 0.05) is 17.3 Å². The van der Waals surface area contributed by atoms with Gasteiger partial charge in [0.25, 0.3) is 0 Å². The molecular weight excluding hydrogens is 322 g/mol. The highest BCUT2D eigenvalue weighted by Crippen LogP contribution is 2.45. The highest BCUT2D eigenvalue weighted by atomic mass is 35.5. The van der Waals surface area contributed by atoms with Crippen LogP contribution in [0.5, 0.6) is 0 Å². The van der Waals surface area contributed by atoms with Crippen LogP contribution < -0.4 is 0 Å². The molecule has 0 radical (unpaired) electrons. The molecule has 0 N–H and O–H groups in total. The molecule has 0 saturated heterocycles. The summed E-state index contributed by atoms with van der Waals surface area (Å²) in [7, 11) is 0. The second-order valence-corrected chi connectivity index (χ2v) is 5.32. The summed E-state index contributed by atoms with van der Waals surface area (Å²) in [5, 5.41) is 0.297. The molecule has 3 aromatic rings. The zero-order valence-corrected chi connectivity index (χ0v) is 11.5. The number of hydrogen-bond acceptors (Lipinski definition) is 2. The molecule has 1 aliphatic heterocycles. The third kappa shape index (κ3) is 1.68. The van der Waals surface area contributed by atoms with Gasteiger partial charge in [-0.2, -0.15) is 13.2 Å². The van der Waals surface area contributed by atoms with E-state index in [2.05, 4.69) is 9.97 Å². The standard InChI is InChI=1S/C14H6ClF4N3/c15-8-3-1-2-7-10(8)13-21-9-4-6(14(17,18)19)5-20-12(9)22(13)11(7)16/h1-5,11H. The third-order valence-electron chi connectivity index (χ3n) is 3.61. The molecule has 112 valence electrons. The quantitative estimate of drug-likeness (QED) is 0.565. The van der Waals surface area contributed by atoms with E-state index in [0.717, 1.165) is 10.6 Å². The number of halogens is 5. The van der Waals surface area contributed by atoms with Crippen molar-refractivity contribution in [3.05, 3.63) is 46.6 Å². The first kappa shape index (κ1) is 13.5. The van der Waals surface area contributed by atoms with Crippen LogP contribution in [-0.4, -0.2) is 14.5 Å². The third-order valence-corrected chi connectivity index (χ3v) is 3.93. The first-order valence-electron chi connectivity index (χ1n) is 6.26. The lowest BCUT2D eigenvalue weighted by atomic mass is 10.1. The summed E-state index contributed by atoms with van der Waals surface area (Å²) in [5.74, 6) is 0.190. The number of imidazole rings is 1. The molecule has 0 amide bonds. The number of alkyl halides is 4.